The van der Waals surface area contributed by atoms with Gasteiger partial charge in [-0.1, -0.05) is 12.1 Å². The van der Waals surface area contributed by atoms with Crippen molar-refractivity contribution in [1.29, 1.82) is 0 Å². The number of piperazine rings is 1. The second-order valence-corrected chi connectivity index (χ2v) is 8.52. The third-order valence-electron chi connectivity index (χ3n) is 6.05. The van der Waals surface area contributed by atoms with Crippen LogP contribution in [-0.2, 0) is 17.8 Å². The Labute approximate surface area is 188 Å². The number of likely N-dealkylation sites (N-methyl/N-ethyl adjacent to an activating group) is 1. The van der Waals surface area contributed by atoms with Crippen LogP contribution in [0.3, 0.4) is 0 Å². The fourth-order valence-electron chi connectivity index (χ4n) is 4.06. The van der Waals surface area contributed by atoms with Gasteiger partial charge in [-0.05, 0) is 24.7 Å². The van der Waals surface area contributed by atoms with Gasteiger partial charge in [0, 0.05) is 58.9 Å². The average molecular weight is 446 g/mol. The zero-order valence-electron chi connectivity index (χ0n) is 18.7. The molecule has 0 atom stereocenters. The topological polar surface area (TPSA) is 65.3 Å². The molecule has 2 fully saturated rings. The predicted octanol–water partition coefficient (Wildman–Crippen LogP) is 1.54. The van der Waals surface area contributed by atoms with Crippen molar-refractivity contribution in [2.45, 2.75) is 13.1 Å². The molecule has 2 saturated heterocycles. The molecule has 2 aromatic rings. The summed E-state index contributed by atoms with van der Waals surface area (Å²) in [5.74, 6) is 0.172. The van der Waals surface area contributed by atoms with Crippen molar-refractivity contribution >= 4 is 5.91 Å². The molecule has 2 aliphatic heterocycles. The summed E-state index contributed by atoms with van der Waals surface area (Å²) in [4.78, 5) is 25.8. The lowest BCUT2D eigenvalue weighted by Crippen LogP contribution is -2.47. The average Bonchev–Trinajstić information content (AvgIpc) is 3.27. The lowest BCUT2D eigenvalue weighted by Gasteiger charge is -2.31. The number of oxazole rings is 1. The van der Waals surface area contributed by atoms with E-state index in [9.17, 15) is 9.18 Å². The van der Waals surface area contributed by atoms with Gasteiger partial charge in [-0.3, -0.25) is 14.6 Å². The minimum Gasteiger partial charge on any atom is -0.447 e. The van der Waals surface area contributed by atoms with Gasteiger partial charge in [-0.15, -0.1) is 0 Å². The SMILES string of the molecule is CN1CCN(C(=O)c2coc(CN(CCN3CCOCC3)Cc3cccc(F)c3)n2)CC1. The first-order valence-electron chi connectivity index (χ1n) is 11.3. The minimum atomic E-state index is -0.244. The number of aromatic nitrogens is 1. The fourth-order valence-corrected chi connectivity index (χ4v) is 4.06. The van der Waals surface area contributed by atoms with Gasteiger partial charge in [0.25, 0.3) is 5.91 Å². The van der Waals surface area contributed by atoms with Gasteiger partial charge in [0.15, 0.2) is 5.69 Å². The summed E-state index contributed by atoms with van der Waals surface area (Å²) in [7, 11) is 2.06. The second-order valence-electron chi connectivity index (χ2n) is 8.52. The molecule has 1 amide bonds. The summed E-state index contributed by atoms with van der Waals surface area (Å²) in [6, 6.07) is 6.65. The first-order valence-corrected chi connectivity index (χ1v) is 11.3. The number of ether oxygens (including phenoxy) is 1. The number of carbonyl (C=O) groups is 1. The number of benzene rings is 1. The lowest BCUT2D eigenvalue weighted by atomic mass is 10.2. The first kappa shape index (κ1) is 22.8. The monoisotopic (exact) mass is 445 g/mol. The molecule has 174 valence electrons. The second kappa shape index (κ2) is 11.0. The highest BCUT2D eigenvalue weighted by molar-refractivity contribution is 5.92. The van der Waals surface area contributed by atoms with Gasteiger partial charge in [0.2, 0.25) is 5.89 Å². The maximum absolute atomic E-state index is 13.7. The van der Waals surface area contributed by atoms with E-state index in [-0.39, 0.29) is 11.7 Å². The number of nitrogens with zero attached hydrogens (tertiary/aromatic N) is 5. The van der Waals surface area contributed by atoms with E-state index in [0.717, 1.165) is 58.0 Å². The largest absolute Gasteiger partial charge is 0.447 e. The molecule has 1 aromatic carbocycles. The Morgan fingerprint density at radius 3 is 2.66 bits per heavy atom. The summed E-state index contributed by atoms with van der Waals surface area (Å²) in [5.41, 5.74) is 1.25. The molecule has 2 aliphatic rings. The molecule has 0 unspecified atom stereocenters. The minimum absolute atomic E-state index is 0.0851. The van der Waals surface area contributed by atoms with E-state index in [2.05, 4.69) is 26.7 Å². The van der Waals surface area contributed by atoms with E-state index >= 15 is 0 Å². The first-order chi connectivity index (χ1) is 15.6. The van der Waals surface area contributed by atoms with Crippen molar-refractivity contribution < 1.29 is 18.3 Å². The van der Waals surface area contributed by atoms with E-state index in [4.69, 9.17) is 9.15 Å². The number of hydrogen-bond donors (Lipinski definition) is 0. The van der Waals surface area contributed by atoms with Crippen molar-refractivity contribution in [1.82, 2.24) is 24.6 Å². The maximum Gasteiger partial charge on any atom is 0.275 e. The molecule has 1 aromatic heterocycles. The molecule has 0 radical (unpaired) electrons. The highest BCUT2D eigenvalue weighted by Crippen LogP contribution is 2.14. The molecule has 4 rings (SSSR count). The van der Waals surface area contributed by atoms with Gasteiger partial charge < -0.3 is 19.0 Å². The molecular weight excluding hydrogens is 413 g/mol. The summed E-state index contributed by atoms with van der Waals surface area (Å²) >= 11 is 0. The summed E-state index contributed by atoms with van der Waals surface area (Å²) in [5, 5.41) is 0. The third kappa shape index (κ3) is 6.35. The van der Waals surface area contributed by atoms with E-state index in [1.165, 1.54) is 12.3 Å². The number of hydrogen-bond acceptors (Lipinski definition) is 7. The van der Waals surface area contributed by atoms with Crippen LogP contribution < -0.4 is 0 Å². The Bertz CT molecular complexity index is 878. The van der Waals surface area contributed by atoms with Crippen LogP contribution in [-0.4, -0.2) is 103 Å². The van der Waals surface area contributed by atoms with Crippen molar-refractivity contribution in [2.75, 3.05) is 72.6 Å². The van der Waals surface area contributed by atoms with Crippen molar-refractivity contribution in [2.24, 2.45) is 0 Å². The Hall–Kier alpha value is -2.33. The number of halogens is 1. The molecule has 0 spiro atoms. The van der Waals surface area contributed by atoms with Crippen molar-refractivity contribution in [3.8, 4) is 0 Å². The van der Waals surface area contributed by atoms with E-state index < -0.39 is 0 Å². The predicted molar refractivity (Wildman–Crippen MR) is 118 cm³/mol. The van der Waals surface area contributed by atoms with Crippen molar-refractivity contribution in [3.05, 3.63) is 53.5 Å². The van der Waals surface area contributed by atoms with E-state index in [1.807, 2.05) is 11.0 Å². The van der Waals surface area contributed by atoms with Crippen LogP contribution >= 0.6 is 0 Å². The number of carbonyl (C=O) groups excluding carboxylic acids is 1. The molecule has 9 heteroatoms. The van der Waals surface area contributed by atoms with Crippen LogP contribution in [0.5, 0.6) is 0 Å². The number of amides is 1. The fraction of sp³-hybridized carbons (Fsp3) is 0.565. The molecule has 8 nitrogen and oxygen atoms in total. The van der Waals surface area contributed by atoms with Crippen LogP contribution in [0.25, 0.3) is 0 Å². The number of morpholine rings is 1. The van der Waals surface area contributed by atoms with Crippen LogP contribution in [0.15, 0.2) is 34.9 Å². The third-order valence-corrected chi connectivity index (χ3v) is 6.05. The van der Waals surface area contributed by atoms with Crippen LogP contribution in [0, 0.1) is 5.82 Å². The Balaban J connectivity index is 1.39. The molecule has 0 bridgehead atoms. The molecule has 0 aliphatic carbocycles. The Morgan fingerprint density at radius 1 is 1.12 bits per heavy atom. The van der Waals surface area contributed by atoms with Crippen LogP contribution in [0.4, 0.5) is 4.39 Å². The van der Waals surface area contributed by atoms with Gasteiger partial charge in [-0.2, -0.15) is 0 Å². The summed E-state index contributed by atoms with van der Waals surface area (Å²) in [6.45, 7) is 9.14. The summed E-state index contributed by atoms with van der Waals surface area (Å²) < 4.78 is 24.8. The lowest BCUT2D eigenvalue weighted by molar-refractivity contribution is 0.0320. The van der Waals surface area contributed by atoms with Crippen LogP contribution in [0.1, 0.15) is 21.9 Å². The summed E-state index contributed by atoms with van der Waals surface area (Å²) in [6.07, 6.45) is 1.46. The maximum atomic E-state index is 13.7. The van der Waals surface area contributed by atoms with E-state index in [0.29, 0.717) is 37.8 Å². The normalized spacial score (nSPS) is 18.4. The van der Waals surface area contributed by atoms with Gasteiger partial charge in [0.05, 0.1) is 19.8 Å². The van der Waals surface area contributed by atoms with E-state index in [1.54, 1.807) is 12.1 Å². The van der Waals surface area contributed by atoms with Gasteiger partial charge in [0.1, 0.15) is 12.1 Å². The molecule has 0 N–H and O–H groups in total. The number of rotatable bonds is 8. The Morgan fingerprint density at radius 2 is 1.91 bits per heavy atom. The van der Waals surface area contributed by atoms with Gasteiger partial charge in [-0.25, -0.2) is 9.37 Å². The highest BCUT2D eigenvalue weighted by Gasteiger charge is 2.24. The zero-order chi connectivity index (χ0) is 22.3. The smallest absolute Gasteiger partial charge is 0.275 e. The van der Waals surface area contributed by atoms with Crippen LogP contribution in [0.2, 0.25) is 0 Å². The highest BCUT2D eigenvalue weighted by atomic mass is 19.1. The molecule has 3 heterocycles. The van der Waals surface area contributed by atoms with Gasteiger partial charge >= 0.3 is 0 Å². The molecule has 32 heavy (non-hydrogen) atoms. The standard InChI is InChI=1S/C23H32FN5O3/c1-26-5-9-29(10-6-26)23(30)21-18-32-22(25-21)17-28(8-7-27-11-13-31-14-12-27)16-19-3-2-4-20(24)15-19/h2-4,15,18H,5-14,16-17H2,1H3. The zero-order valence-corrected chi connectivity index (χ0v) is 18.7. The molecular formula is C23H32FN5O3. The quantitative estimate of drug-likeness (QED) is 0.611. The Kier molecular flexibility index (Phi) is 7.85. The van der Waals surface area contributed by atoms with Crippen molar-refractivity contribution in [3.63, 3.8) is 0 Å². The molecule has 0 saturated carbocycles.